The average Bonchev–Trinajstić information content (AvgIpc) is 2.60. The highest BCUT2D eigenvalue weighted by Crippen LogP contribution is 2.16. The van der Waals surface area contributed by atoms with Gasteiger partial charge in [0.25, 0.3) is 0 Å². The van der Waals surface area contributed by atoms with Gasteiger partial charge in [-0.05, 0) is 30.9 Å². The van der Waals surface area contributed by atoms with Crippen molar-refractivity contribution in [1.29, 1.82) is 0 Å². The maximum Gasteiger partial charge on any atom is 0.238 e. The second kappa shape index (κ2) is 8.79. The number of benzene rings is 1. The molecule has 10 heteroatoms. The van der Waals surface area contributed by atoms with Crippen molar-refractivity contribution in [2.24, 2.45) is 5.14 Å². The molecular weight excluding hydrogens is 362 g/mol. The third-order valence-corrected chi connectivity index (χ3v) is 4.72. The van der Waals surface area contributed by atoms with Gasteiger partial charge in [-0.15, -0.1) is 0 Å². The number of anilines is 2. The summed E-state index contributed by atoms with van der Waals surface area (Å²) in [5, 5.41) is 11.9. The molecule has 8 nitrogen and oxygen atoms in total. The van der Waals surface area contributed by atoms with E-state index in [2.05, 4.69) is 20.6 Å². The molecule has 0 saturated heterocycles. The predicted molar refractivity (Wildman–Crippen MR) is 98.6 cm³/mol. The highest BCUT2D eigenvalue weighted by atomic mass is 32.2. The Morgan fingerprint density at radius 2 is 2.04 bits per heavy atom. The van der Waals surface area contributed by atoms with Crippen LogP contribution in [0.4, 0.5) is 11.5 Å². The van der Waals surface area contributed by atoms with Gasteiger partial charge in [0.05, 0.1) is 10.5 Å². The molecule has 1 aromatic carbocycles. The van der Waals surface area contributed by atoms with Crippen LogP contribution >= 0.6 is 11.8 Å². The van der Waals surface area contributed by atoms with E-state index in [0.29, 0.717) is 41.6 Å². The summed E-state index contributed by atoms with van der Waals surface area (Å²) in [6.45, 7) is 1.20. The molecule has 1 aromatic heterocycles. The second-order valence-electron chi connectivity index (χ2n) is 5.06. The number of carbonyl (C=O) groups excluding carboxylic acids is 1. The fourth-order valence-electron chi connectivity index (χ4n) is 2.01. The minimum absolute atomic E-state index is 0.0665. The average molecular weight is 381 g/mol. The molecule has 2 rings (SSSR count). The standard InChI is InChI=1S/C15H19N5O3S2/c1-24-15-19-9-11(10-21)14(20-15)18-7-3-6-17-12-4-2-5-13(8-12)25(16,22)23/h2,4-5,8-10,17H,3,6-7H2,1H3,(H2,16,22,23)(H,18,19,20). The Bertz CT molecular complexity index is 843. The van der Waals surface area contributed by atoms with Crippen LogP contribution in [-0.4, -0.2) is 44.0 Å². The molecule has 0 aliphatic heterocycles. The van der Waals surface area contributed by atoms with Crippen LogP contribution in [-0.2, 0) is 10.0 Å². The third-order valence-electron chi connectivity index (χ3n) is 3.24. The lowest BCUT2D eigenvalue weighted by atomic mass is 10.3. The van der Waals surface area contributed by atoms with E-state index in [1.807, 2.05) is 6.26 Å². The van der Waals surface area contributed by atoms with Crippen LogP contribution in [0.3, 0.4) is 0 Å². The first kappa shape index (κ1) is 19.2. The van der Waals surface area contributed by atoms with E-state index in [-0.39, 0.29) is 4.90 Å². The Morgan fingerprint density at radius 1 is 1.28 bits per heavy atom. The molecule has 25 heavy (non-hydrogen) atoms. The van der Waals surface area contributed by atoms with E-state index in [1.165, 1.54) is 30.1 Å². The summed E-state index contributed by atoms with van der Waals surface area (Å²) in [6, 6.07) is 6.33. The minimum atomic E-state index is -3.71. The van der Waals surface area contributed by atoms with Gasteiger partial charge >= 0.3 is 0 Å². The number of hydrogen-bond acceptors (Lipinski definition) is 8. The van der Waals surface area contributed by atoms with Crippen molar-refractivity contribution in [2.45, 2.75) is 16.5 Å². The molecule has 2 aromatic rings. The highest BCUT2D eigenvalue weighted by molar-refractivity contribution is 7.98. The van der Waals surface area contributed by atoms with E-state index >= 15 is 0 Å². The molecule has 0 radical (unpaired) electrons. The van der Waals surface area contributed by atoms with Crippen LogP contribution in [0.5, 0.6) is 0 Å². The maximum absolute atomic E-state index is 11.3. The van der Waals surface area contributed by atoms with Crippen molar-refractivity contribution in [3.05, 3.63) is 36.0 Å². The highest BCUT2D eigenvalue weighted by Gasteiger charge is 2.08. The number of aldehydes is 1. The molecule has 0 bridgehead atoms. The Balaban J connectivity index is 1.85. The number of hydrogen-bond donors (Lipinski definition) is 3. The normalized spacial score (nSPS) is 11.1. The zero-order valence-corrected chi connectivity index (χ0v) is 15.2. The van der Waals surface area contributed by atoms with Gasteiger partial charge in [0, 0.05) is 25.0 Å². The van der Waals surface area contributed by atoms with Gasteiger partial charge in [-0.25, -0.2) is 23.5 Å². The van der Waals surface area contributed by atoms with E-state index in [0.717, 1.165) is 6.42 Å². The number of primary sulfonamides is 1. The van der Waals surface area contributed by atoms with E-state index in [4.69, 9.17) is 5.14 Å². The molecule has 1 heterocycles. The van der Waals surface area contributed by atoms with Gasteiger partial charge in [0.15, 0.2) is 11.4 Å². The van der Waals surface area contributed by atoms with Gasteiger partial charge < -0.3 is 10.6 Å². The lowest BCUT2D eigenvalue weighted by Crippen LogP contribution is -2.13. The topological polar surface area (TPSA) is 127 Å². The molecule has 0 aliphatic rings. The zero-order chi connectivity index (χ0) is 18.3. The largest absolute Gasteiger partial charge is 0.385 e. The fraction of sp³-hybridized carbons (Fsp3) is 0.267. The molecular formula is C15H19N5O3S2. The van der Waals surface area contributed by atoms with Gasteiger partial charge in [0.2, 0.25) is 10.0 Å². The number of nitrogens with zero attached hydrogens (tertiary/aromatic N) is 2. The van der Waals surface area contributed by atoms with Crippen molar-refractivity contribution < 1.29 is 13.2 Å². The summed E-state index contributed by atoms with van der Waals surface area (Å²) >= 11 is 1.40. The Labute approximate surface area is 150 Å². The van der Waals surface area contributed by atoms with Crippen LogP contribution in [0.25, 0.3) is 0 Å². The molecule has 0 unspecified atom stereocenters. The molecule has 4 N–H and O–H groups in total. The van der Waals surface area contributed by atoms with E-state index in [9.17, 15) is 13.2 Å². The van der Waals surface area contributed by atoms with Crippen molar-refractivity contribution in [3.63, 3.8) is 0 Å². The van der Waals surface area contributed by atoms with Crippen molar-refractivity contribution in [1.82, 2.24) is 9.97 Å². The summed E-state index contributed by atoms with van der Waals surface area (Å²) in [5.74, 6) is 0.505. The van der Waals surface area contributed by atoms with Gasteiger partial charge in [0.1, 0.15) is 5.82 Å². The van der Waals surface area contributed by atoms with E-state index in [1.54, 1.807) is 12.1 Å². The molecule has 0 saturated carbocycles. The minimum Gasteiger partial charge on any atom is -0.385 e. The zero-order valence-electron chi connectivity index (χ0n) is 13.6. The monoisotopic (exact) mass is 381 g/mol. The number of sulfonamides is 1. The lowest BCUT2D eigenvalue weighted by Gasteiger charge is -2.10. The van der Waals surface area contributed by atoms with E-state index < -0.39 is 10.0 Å². The fourth-order valence-corrected chi connectivity index (χ4v) is 2.91. The summed E-state index contributed by atoms with van der Waals surface area (Å²) < 4.78 is 22.7. The molecule has 0 fully saturated rings. The van der Waals surface area contributed by atoms with Gasteiger partial charge in [-0.2, -0.15) is 0 Å². The molecule has 0 aliphatic carbocycles. The number of nitrogens with two attached hydrogens (primary N) is 1. The maximum atomic E-state index is 11.3. The van der Waals surface area contributed by atoms with Crippen molar-refractivity contribution in [2.75, 3.05) is 30.0 Å². The molecule has 0 atom stereocenters. The first-order valence-corrected chi connectivity index (χ1v) is 10.2. The molecule has 0 spiro atoms. The summed E-state index contributed by atoms with van der Waals surface area (Å²) in [6.07, 6.45) is 4.80. The van der Waals surface area contributed by atoms with Crippen molar-refractivity contribution in [3.8, 4) is 0 Å². The number of rotatable bonds is 9. The SMILES string of the molecule is CSc1ncc(C=O)c(NCCCNc2cccc(S(N)(=O)=O)c2)n1. The van der Waals surface area contributed by atoms with Crippen LogP contribution in [0.2, 0.25) is 0 Å². The predicted octanol–water partition coefficient (Wildman–Crippen LogP) is 1.57. The Morgan fingerprint density at radius 3 is 2.72 bits per heavy atom. The smallest absolute Gasteiger partial charge is 0.238 e. The molecule has 0 amide bonds. The Hall–Kier alpha value is -2.17. The van der Waals surface area contributed by atoms with Crippen molar-refractivity contribution >= 4 is 39.6 Å². The first-order chi connectivity index (χ1) is 11.9. The number of nitrogens with one attached hydrogen (secondary N) is 2. The van der Waals surface area contributed by atoms with Gasteiger partial charge in [-0.3, -0.25) is 4.79 Å². The summed E-state index contributed by atoms with van der Waals surface area (Å²) in [7, 11) is -3.71. The van der Waals surface area contributed by atoms with Crippen LogP contribution < -0.4 is 15.8 Å². The van der Waals surface area contributed by atoms with Gasteiger partial charge in [-0.1, -0.05) is 17.8 Å². The Kier molecular flexibility index (Phi) is 6.73. The second-order valence-corrected chi connectivity index (χ2v) is 7.39. The third kappa shape index (κ3) is 5.69. The quantitative estimate of drug-likeness (QED) is 0.258. The summed E-state index contributed by atoms with van der Waals surface area (Å²) in [4.78, 5) is 19.4. The number of thioether (sulfide) groups is 1. The van der Waals surface area contributed by atoms with Crippen LogP contribution in [0.1, 0.15) is 16.8 Å². The lowest BCUT2D eigenvalue weighted by molar-refractivity contribution is 0.112. The first-order valence-electron chi connectivity index (χ1n) is 7.41. The van der Waals surface area contributed by atoms with Crippen LogP contribution in [0, 0.1) is 0 Å². The number of carbonyl (C=O) groups is 1. The molecule has 134 valence electrons. The van der Waals surface area contributed by atoms with Crippen LogP contribution in [0.15, 0.2) is 40.5 Å². The number of aromatic nitrogens is 2. The summed E-state index contributed by atoms with van der Waals surface area (Å²) in [5.41, 5.74) is 1.08.